The molecule has 1 saturated heterocycles. The van der Waals surface area contributed by atoms with E-state index in [2.05, 4.69) is 68.8 Å². The molecule has 2 aromatic rings. The minimum Gasteiger partial charge on any atom is -0.357 e. The van der Waals surface area contributed by atoms with Crippen molar-refractivity contribution in [2.75, 3.05) is 25.0 Å². The summed E-state index contributed by atoms with van der Waals surface area (Å²) in [6.45, 7) is 5.08. The zero-order valence-corrected chi connectivity index (χ0v) is 17.8. The molecule has 1 unspecified atom stereocenters. The fourth-order valence-electron chi connectivity index (χ4n) is 3.07. The average molecular weight is 465 g/mol. The maximum absolute atomic E-state index is 4.60. The third-order valence-corrected chi connectivity index (χ3v) is 4.58. The van der Waals surface area contributed by atoms with Crippen LogP contribution in [0.15, 0.2) is 53.7 Å². The lowest BCUT2D eigenvalue weighted by Gasteiger charge is -2.19. The predicted octanol–water partition coefficient (Wildman–Crippen LogP) is 3.73. The van der Waals surface area contributed by atoms with Crippen molar-refractivity contribution in [2.45, 2.75) is 32.4 Å². The summed E-state index contributed by atoms with van der Waals surface area (Å²) in [5.41, 5.74) is 2.39. The van der Waals surface area contributed by atoms with Crippen LogP contribution in [-0.4, -0.2) is 31.1 Å². The van der Waals surface area contributed by atoms with E-state index < -0.39 is 0 Å². The molecule has 3 rings (SSSR count). The number of aliphatic imine (C=N–C) groups is 1. The molecule has 0 bridgehead atoms. The molecule has 0 spiro atoms. The van der Waals surface area contributed by atoms with Crippen LogP contribution in [0.25, 0.3) is 0 Å². The van der Waals surface area contributed by atoms with E-state index in [1.165, 1.54) is 18.4 Å². The number of anilines is 1. The molecule has 1 fully saturated rings. The van der Waals surface area contributed by atoms with Crippen LogP contribution in [0.3, 0.4) is 0 Å². The number of aromatic nitrogens is 1. The van der Waals surface area contributed by atoms with Crippen molar-refractivity contribution in [3.8, 4) is 0 Å². The Balaban J connectivity index is 0.00000243. The molecule has 2 heterocycles. The highest BCUT2D eigenvalue weighted by atomic mass is 127. The fraction of sp³-hybridized carbons (Fsp3) is 0.400. The van der Waals surface area contributed by atoms with Crippen LogP contribution in [0.5, 0.6) is 0 Å². The van der Waals surface area contributed by atoms with Gasteiger partial charge in [0.25, 0.3) is 0 Å². The average Bonchev–Trinajstić information content (AvgIpc) is 3.21. The number of guanidine groups is 1. The van der Waals surface area contributed by atoms with Crippen molar-refractivity contribution in [2.24, 2.45) is 4.99 Å². The maximum Gasteiger partial charge on any atom is 0.191 e. The molecule has 140 valence electrons. The monoisotopic (exact) mass is 465 g/mol. The van der Waals surface area contributed by atoms with Gasteiger partial charge in [-0.1, -0.05) is 36.4 Å². The number of benzene rings is 1. The lowest BCUT2D eigenvalue weighted by atomic mass is 10.1. The summed E-state index contributed by atoms with van der Waals surface area (Å²) in [5.74, 6) is 1.88. The first-order chi connectivity index (χ1) is 12.3. The first kappa shape index (κ1) is 20.5. The molecule has 1 aromatic carbocycles. The second-order valence-corrected chi connectivity index (χ2v) is 6.42. The first-order valence-corrected chi connectivity index (χ1v) is 8.98. The summed E-state index contributed by atoms with van der Waals surface area (Å²) >= 11 is 0. The van der Waals surface area contributed by atoms with Gasteiger partial charge in [0.05, 0.1) is 6.04 Å². The lowest BCUT2D eigenvalue weighted by molar-refractivity contribution is 0.685. The van der Waals surface area contributed by atoms with E-state index in [1.807, 2.05) is 12.3 Å². The Hall–Kier alpha value is -1.83. The van der Waals surface area contributed by atoms with Crippen LogP contribution in [0.2, 0.25) is 0 Å². The number of nitrogens with zero attached hydrogens (tertiary/aromatic N) is 3. The number of pyridine rings is 1. The van der Waals surface area contributed by atoms with E-state index in [-0.39, 0.29) is 30.0 Å². The Kier molecular flexibility index (Phi) is 8.15. The Labute approximate surface area is 173 Å². The van der Waals surface area contributed by atoms with Crippen LogP contribution in [0, 0.1) is 0 Å². The zero-order chi connectivity index (χ0) is 17.5. The van der Waals surface area contributed by atoms with E-state index in [0.717, 1.165) is 30.4 Å². The number of hydrogen-bond acceptors (Lipinski definition) is 3. The van der Waals surface area contributed by atoms with E-state index in [1.54, 1.807) is 7.05 Å². The molecule has 0 saturated carbocycles. The topological polar surface area (TPSA) is 52.6 Å². The summed E-state index contributed by atoms with van der Waals surface area (Å²) < 4.78 is 0. The molecule has 0 amide bonds. The standard InChI is InChI=1S/C20H27N5.HI/c1-16(18-8-4-3-5-9-18)24-20(21-2)23-15-17-10-11-19(22-14-17)25-12-6-7-13-25;/h3-5,8-11,14,16H,6-7,12-13,15H2,1-2H3,(H2,21,23,24);1H. The summed E-state index contributed by atoms with van der Waals surface area (Å²) in [6, 6.07) is 14.8. The minimum atomic E-state index is 0. The molecule has 2 N–H and O–H groups in total. The summed E-state index contributed by atoms with van der Waals surface area (Å²) in [5, 5.41) is 6.78. The molecule has 26 heavy (non-hydrogen) atoms. The van der Waals surface area contributed by atoms with Gasteiger partial charge in [-0.3, -0.25) is 4.99 Å². The van der Waals surface area contributed by atoms with Gasteiger partial charge in [0.2, 0.25) is 0 Å². The molecule has 6 heteroatoms. The van der Waals surface area contributed by atoms with E-state index in [4.69, 9.17) is 0 Å². The third-order valence-electron chi connectivity index (χ3n) is 4.58. The molecule has 5 nitrogen and oxygen atoms in total. The molecule has 0 radical (unpaired) electrons. The van der Waals surface area contributed by atoms with E-state index in [0.29, 0.717) is 6.54 Å². The Bertz CT molecular complexity index is 681. The van der Waals surface area contributed by atoms with Crippen molar-refractivity contribution >= 4 is 35.8 Å². The van der Waals surface area contributed by atoms with Crippen molar-refractivity contribution in [3.05, 3.63) is 59.8 Å². The van der Waals surface area contributed by atoms with Crippen molar-refractivity contribution in [3.63, 3.8) is 0 Å². The minimum absolute atomic E-state index is 0. The van der Waals surface area contributed by atoms with Crippen molar-refractivity contribution in [1.82, 2.24) is 15.6 Å². The second kappa shape index (κ2) is 10.4. The van der Waals surface area contributed by atoms with Gasteiger partial charge < -0.3 is 15.5 Å². The quantitative estimate of drug-likeness (QED) is 0.402. The highest BCUT2D eigenvalue weighted by Gasteiger charge is 2.13. The van der Waals surface area contributed by atoms with Gasteiger partial charge in [-0.25, -0.2) is 4.98 Å². The van der Waals surface area contributed by atoms with Crippen molar-refractivity contribution in [1.29, 1.82) is 0 Å². The van der Waals surface area contributed by atoms with Crippen LogP contribution in [0.4, 0.5) is 5.82 Å². The Morgan fingerprint density at radius 2 is 1.88 bits per heavy atom. The lowest BCUT2D eigenvalue weighted by Crippen LogP contribution is -2.38. The highest BCUT2D eigenvalue weighted by Crippen LogP contribution is 2.17. The van der Waals surface area contributed by atoms with Gasteiger partial charge in [0, 0.05) is 32.9 Å². The number of hydrogen-bond donors (Lipinski definition) is 2. The molecular weight excluding hydrogens is 437 g/mol. The molecule has 1 aliphatic rings. The van der Waals surface area contributed by atoms with Gasteiger partial charge in [-0.05, 0) is 37.0 Å². The fourth-order valence-corrected chi connectivity index (χ4v) is 3.07. The van der Waals surface area contributed by atoms with Crippen LogP contribution in [0.1, 0.15) is 36.9 Å². The molecular formula is C20H28IN5. The van der Waals surface area contributed by atoms with Crippen LogP contribution in [-0.2, 0) is 6.54 Å². The summed E-state index contributed by atoms with van der Waals surface area (Å²) in [7, 11) is 1.79. The zero-order valence-electron chi connectivity index (χ0n) is 15.5. The van der Waals surface area contributed by atoms with Gasteiger partial charge in [0.1, 0.15) is 5.82 Å². The maximum atomic E-state index is 4.60. The van der Waals surface area contributed by atoms with Gasteiger partial charge >= 0.3 is 0 Å². The first-order valence-electron chi connectivity index (χ1n) is 8.98. The highest BCUT2D eigenvalue weighted by molar-refractivity contribution is 14.0. The van der Waals surface area contributed by atoms with Gasteiger partial charge in [-0.2, -0.15) is 0 Å². The second-order valence-electron chi connectivity index (χ2n) is 6.42. The Morgan fingerprint density at radius 1 is 1.15 bits per heavy atom. The third kappa shape index (κ3) is 5.59. The molecule has 1 aliphatic heterocycles. The summed E-state index contributed by atoms with van der Waals surface area (Å²) in [6.07, 6.45) is 4.49. The van der Waals surface area contributed by atoms with E-state index in [9.17, 15) is 0 Å². The Morgan fingerprint density at radius 3 is 2.50 bits per heavy atom. The smallest absolute Gasteiger partial charge is 0.191 e. The number of rotatable bonds is 5. The van der Waals surface area contributed by atoms with Crippen molar-refractivity contribution < 1.29 is 0 Å². The predicted molar refractivity (Wildman–Crippen MR) is 119 cm³/mol. The van der Waals surface area contributed by atoms with Gasteiger partial charge in [-0.15, -0.1) is 24.0 Å². The normalized spacial score (nSPS) is 15.3. The molecule has 1 aromatic heterocycles. The van der Waals surface area contributed by atoms with Crippen LogP contribution < -0.4 is 15.5 Å². The van der Waals surface area contributed by atoms with E-state index >= 15 is 0 Å². The molecule has 1 atom stereocenters. The van der Waals surface area contributed by atoms with Gasteiger partial charge in [0.15, 0.2) is 5.96 Å². The largest absolute Gasteiger partial charge is 0.357 e. The molecule has 0 aliphatic carbocycles. The summed E-state index contributed by atoms with van der Waals surface area (Å²) in [4.78, 5) is 11.3. The SMILES string of the molecule is CN=C(NCc1ccc(N2CCCC2)nc1)NC(C)c1ccccc1.I. The van der Waals surface area contributed by atoms with Crippen LogP contribution >= 0.6 is 24.0 Å². The number of nitrogens with one attached hydrogen (secondary N) is 2. The number of halogens is 1.